The molecule has 22 heavy (non-hydrogen) atoms. The van der Waals surface area contributed by atoms with E-state index >= 15 is 0 Å². The highest BCUT2D eigenvalue weighted by Crippen LogP contribution is 2.43. The monoisotopic (exact) mass is 306 g/mol. The maximum atomic E-state index is 12.7. The normalized spacial score (nSPS) is 23.4. The van der Waals surface area contributed by atoms with Gasteiger partial charge >= 0.3 is 0 Å². The van der Waals surface area contributed by atoms with Gasteiger partial charge in [0.25, 0.3) is 5.91 Å². The Hall–Kier alpha value is -2.33. The molecule has 108 valence electrons. The summed E-state index contributed by atoms with van der Waals surface area (Å²) < 4.78 is 0. The van der Waals surface area contributed by atoms with E-state index in [1.54, 1.807) is 0 Å². The number of rotatable bonds is 2. The zero-order valence-corrected chi connectivity index (χ0v) is 12.6. The van der Waals surface area contributed by atoms with Gasteiger partial charge in [-0.2, -0.15) is 4.99 Å². The molecule has 2 aromatic carbocycles. The van der Waals surface area contributed by atoms with Crippen LogP contribution < -0.4 is 0 Å². The lowest BCUT2D eigenvalue weighted by molar-refractivity contribution is -0.121. The molecule has 0 saturated carbocycles. The molecule has 2 atom stereocenters. The van der Waals surface area contributed by atoms with Gasteiger partial charge < -0.3 is 4.90 Å². The Bertz CT molecular complexity index is 755. The Balaban J connectivity index is 1.87. The zero-order chi connectivity index (χ0) is 14.9. The van der Waals surface area contributed by atoms with Gasteiger partial charge in [-0.1, -0.05) is 72.4 Å². The fraction of sp³-hybridized carbons (Fsp3) is 0.111. The number of thioether (sulfide) groups is 1. The lowest BCUT2D eigenvalue weighted by Crippen LogP contribution is -2.38. The van der Waals surface area contributed by atoms with Crippen molar-refractivity contribution in [2.24, 2.45) is 4.99 Å². The summed E-state index contributed by atoms with van der Waals surface area (Å²) in [6, 6.07) is 20.1. The molecule has 0 bridgehead atoms. The highest BCUT2D eigenvalue weighted by Gasteiger charge is 2.41. The van der Waals surface area contributed by atoms with Crippen LogP contribution in [0.4, 0.5) is 0 Å². The number of aliphatic imine (C=N–C) groups is 1. The lowest BCUT2D eigenvalue weighted by Gasteiger charge is -2.36. The Morgan fingerprint density at radius 2 is 1.55 bits per heavy atom. The van der Waals surface area contributed by atoms with Crippen molar-refractivity contribution in [1.82, 2.24) is 4.90 Å². The van der Waals surface area contributed by atoms with Crippen molar-refractivity contribution in [3.8, 4) is 0 Å². The van der Waals surface area contributed by atoms with Gasteiger partial charge in [0, 0.05) is 6.20 Å². The Labute approximate surface area is 133 Å². The summed E-state index contributed by atoms with van der Waals surface area (Å²) in [6.07, 6.45) is 2.02. The summed E-state index contributed by atoms with van der Waals surface area (Å²) in [6.45, 7) is 0. The lowest BCUT2D eigenvalue weighted by atomic mass is 9.85. The van der Waals surface area contributed by atoms with Gasteiger partial charge in [0.05, 0.1) is 12.0 Å². The highest BCUT2D eigenvalue weighted by molar-refractivity contribution is 8.16. The Morgan fingerprint density at radius 3 is 2.23 bits per heavy atom. The van der Waals surface area contributed by atoms with Crippen molar-refractivity contribution in [3.63, 3.8) is 0 Å². The van der Waals surface area contributed by atoms with Crippen molar-refractivity contribution in [2.75, 3.05) is 0 Å². The molecule has 0 N–H and O–H groups in total. The minimum atomic E-state index is -0.282. The summed E-state index contributed by atoms with van der Waals surface area (Å²) in [5, 5.41) is 2.75. The summed E-state index contributed by atoms with van der Waals surface area (Å²) in [4.78, 5) is 19.1. The molecule has 0 fully saturated rings. The molecule has 2 aliphatic rings. The van der Waals surface area contributed by atoms with E-state index in [-0.39, 0.29) is 17.9 Å². The van der Waals surface area contributed by atoms with Gasteiger partial charge in [-0.3, -0.25) is 4.79 Å². The van der Waals surface area contributed by atoms with E-state index in [1.165, 1.54) is 11.8 Å². The molecule has 2 aliphatic heterocycles. The molecule has 4 rings (SSSR count). The fourth-order valence-corrected chi connectivity index (χ4v) is 3.78. The van der Waals surface area contributed by atoms with Crippen LogP contribution in [0.1, 0.15) is 23.1 Å². The quantitative estimate of drug-likeness (QED) is 0.843. The minimum Gasteiger partial charge on any atom is -0.318 e. The highest BCUT2D eigenvalue weighted by atomic mass is 32.2. The molecular formula is C18H14N2OS. The van der Waals surface area contributed by atoms with E-state index in [2.05, 4.69) is 22.0 Å². The average Bonchev–Trinajstić information content (AvgIpc) is 3.03. The zero-order valence-electron chi connectivity index (χ0n) is 11.8. The third-order valence-electron chi connectivity index (χ3n) is 4.00. The topological polar surface area (TPSA) is 32.7 Å². The number of amidine groups is 1. The van der Waals surface area contributed by atoms with Crippen LogP contribution in [0.5, 0.6) is 0 Å². The summed E-state index contributed by atoms with van der Waals surface area (Å²) in [5.41, 5.74) is 2.14. The standard InChI is InChI=1S/C18H14N2OS/c21-17-15(13-7-3-1-4-8-13)16(14-9-5-2-6-10-14)20-11-12-22-18(20)19-17/h1-12,15-16H/t15-,16+/m1/s1. The molecule has 1 amide bonds. The second-order valence-electron chi connectivity index (χ2n) is 5.29. The minimum absolute atomic E-state index is 0.0464. The van der Waals surface area contributed by atoms with Crippen molar-refractivity contribution in [3.05, 3.63) is 83.4 Å². The first-order chi connectivity index (χ1) is 10.8. The maximum absolute atomic E-state index is 12.7. The molecule has 0 radical (unpaired) electrons. The summed E-state index contributed by atoms with van der Waals surface area (Å²) in [5.74, 6) is -0.349. The molecule has 3 nitrogen and oxygen atoms in total. The van der Waals surface area contributed by atoms with Crippen LogP contribution >= 0.6 is 11.8 Å². The number of hydrogen-bond acceptors (Lipinski definition) is 3. The first-order valence-electron chi connectivity index (χ1n) is 7.19. The van der Waals surface area contributed by atoms with Crippen molar-refractivity contribution >= 4 is 22.8 Å². The van der Waals surface area contributed by atoms with Gasteiger partial charge in [0.1, 0.15) is 0 Å². The number of hydrogen-bond donors (Lipinski definition) is 0. The van der Waals surface area contributed by atoms with E-state index in [9.17, 15) is 4.79 Å². The fourth-order valence-electron chi connectivity index (χ4n) is 3.03. The van der Waals surface area contributed by atoms with E-state index in [1.807, 2.05) is 60.1 Å². The SMILES string of the molecule is O=C1N=C2SC=CN2[C@@H](c2ccccc2)[C@H]1c1ccccc1. The van der Waals surface area contributed by atoms with Gasteiger partial charge in [-0.25, -0.2) is 0 Å². The number of amides is 1. The third-order valence-corrected chi connectivity index (χ3v) is 4.77. The molecule has 0 aliphatic carbocycles. The summed E-state index contributed by atoms with van der Waals surface area (Å²) >= 11 is 1.50. The molecule has 2 aromatic rings. The van der Waals surface area contributed by atoms with Crippen LogP contribution in [-0.2, 0) is 4.79 Å². The van der Waals surface area contributed by atoms with E-state index in [4.69, 9.17) is 0 Å². The molecule has 0 aromatic heterocycles. The summed E-state index contributed by atoms with van der Waals surface area (Å²) in [7, 11) is 0. The average molecular weight is 306 g/mol. The molecule has 0 saturated heterocycles. The van der Waals surface area contributed by atoms with E-state index in [0.717, 1.165) is 16.3 Å². The number of carbonyl (C=O) groups excluding carboxylic acids is 1. The molecule has 2 heterocycles. The largest absolute Gasteiger partial charge is 0.318 e. The van der Waals surface area contributed by atoms with Gasteiger partial charge in [-0.05, 0) is 16.5 Å². The first kappa shape index (κ1) is 13.3. The van der Waals surface area contributed by atoms with Crippen LogP contribution in [0.3, 0.4) is 0 Å². The number of fused-ring (bicyclic) bond motifs is 1. The van der Waals surface area contributed by atoms with E-state index in [0.29, 0.717) is 0 Å². The van der Waals surface area contributed by atoms with Crippen LogP contribution in [-0.4, -0.2) is 16.0 Å². The van der Waals surface area contributed by atoms with Gasteiger partial charge in [0.2, 0.25) is 0 Å². The van der Waals surface area contributed by atoms with Crippen molar-refractivity contribution < 1.29 is 4.79 Å². The molecular weight excluding hydrogens is 292 g/mol. The Kier molecular flexibility index (Phi) is 3.31. The van der Waals surface area contributed by atoms with Crippen molar-refractivity contribution in [1.29, 1.82) is 0 Å². The number of benzene rings is 2. The Morgan fingerprint density at radius 1 is 0.909 bits per heavy atom. The van der Waals surface area contributed by atoms with Crippen LogP contribution in [0.25, 0.3) is 0 Å². The van der Waals surface area contributed by atoms with E-state index < -0.39 is 0 Å². The van der Waals surface area contributed by atoms with Crippen LogP contribution in [0.2, 0.25) is 0 Å². The molecule has 0 unspecified atom stereocenters. The number of carbonyl (C=O) groups is 1. The molecule has 4 heteroatoms. The number of nitrogens with zero attached hydrogens (tertiary/aromatic N) is 2. The smallest absolute Gasteiger partial charge is 0.258 e. The second kappa shape index (κ2) is 5.46. The van der Waals surface area contributed by atoms with Gasteiger partial charge in [0.15, 0.2) is 5.17 Å². The first-order valence-corrected chi connectivity index (χ1v) is 8.06. The maximum Gasteiger partial charge on any atom is 0.258 e. The van der Waals surface area contributed by atoms with Crippen LogP contribution in [0.15, 0.2) is 77.3 Å². The van der Waals surface area contributed by atoms with Crippen molar-refractivity contribution in [2.45, 2.75) is 12.0 Å². The van der Waals surface area contributed by atoms with Gasteiger partial charge in [-0.15, -0.1) is 0 Å². The second-order valence-corrected chi connectivity index (χ2v) is 6.16. The third kappa shape index (κ3) is 2.16. The molecule has 0 spiro atoms. The predicted octanol–water partition coefficient (Wildman–Crippen LogP) is 3.93. The van der Waals surface area contributed by atoms with Crippen LogP contribution in [0, 0.1) is 0 Å². The predicted molar refractivity (Wildman–Crippen MR) is 89.4 cm³/mol.